The van der Waals surface area contributed by atoms with Crippen LogP contribution >= 0.6 is 11.6 Å². The summed E-state index contributed by atoms with van der Waals surface area (Å²) < 4.78 is 2.76. The number of hydrogen-bond acceptors (Lipinski definition) is 7. The fraction of sp³-hybridized carbons (Fsp3) is 0. The summed E-state index contributed by atoms with van der Waals surface area (Å²) in [6, 6.07) is 0. The van der Waals surface area contributed by atoms with Crippen LogP contribution in [0.1, 0.15) is 0 Å². The summed E-state index contributed by atoms with van der Waals surface area (Å²) in [4.78, 5) is 15.9. The molecule has 0 amide bonds. The molecule has 2 N–H and O–H groups in total. The Kier molecular flexibility index (Phi) is 2.38. The zero-order valence-electron chi connectivity index (χ0n) is 8.84. The van der Waals surface area contributed by atoms with Crippen molar-refractivity contribution in [1.82, 2.24) is 39.5 Å². The van der Waals surface area contributed by atoms with Gasteiger partial charge < -0.3 is 5.73 Å². The van der Waals surface area contributed by atoms with Crippen LogP contribution in [0.3, 0.4) is 0 Å². The van der Waals surface area contributed by atoms with Crippen molar-refractivity contribution in [1.29, 1.82) is 0 Å². The van der Waals surface area contributed by atoms with Gasteiger partial charge in [0.1, 0.15) is 12.7 Å². The SMILES string of the molecule is Nc1nc(-n2cncn2)nc(-n2cc(Cl)cn2)n1. The van der Waals surface area contributed by atoms with Crippen LogP contribution in [0, 0.1) is 0 Å². The molecule has 0 atom stereocenters. The van der Waals surface area contributed by atoms with Crippen molar-refractivity contribution in [3.63, 3.8) is 0 Å². The second kappa shape index (κ2) is 4.04. The molecule has 3 aromatic heterocycles. The molecule has 0 unspecified atom stereocenters. The maximum atomic E-state index is 5.78. The molecular weight excluding hydrogens is 258 g/mol. The summed E-state index contributed by atoms with van der Waals surface area (Å²) in [6.45, 7) is 0. The molecule has 18 heavy (non-hydrogen) atoms. The second-order valence-electron chi connectivity index (χ2n) is 3.24. The van der Waals surface area contributed by atoms with E-state index in [9.17, 15) is 0 Å². The minimum atomic E-state index is 0.0529. The smallest absolute Gasteiger partial charge is 0.258 e. The molecule has 0 spiro atoms. The predicted molar refractivity (Wildman–Crippen MR) is 61.3 cm³/mol. The zero-order chi connectivity index (χ0) is 12.5. The Bertz CT molecular complexity index is 674. The van der Waals surface area contributed by atoms with E-state index in [-0.39, 0.29) is 17.8 Å². The van der Waals surface area contributed by atoms with Crippen LogP contribution < -0.4 is 5.73 Å². The Morgan fingerprint density at radius 2 is 1.83 bits per heavy atom. The molecular formula is C8H6ClN9. The van der Waals surface area contributed by atoms with Crippen LogP contribution in [0.4, 0.5) is 5.95 Å². The highest BCUT2D eigenvalue weighted by Gasteiger charge is 2.09. The summed E-state index contributed by atoms with van der Waals surface area (Å²) in [5.41, 5.74) is 5.61. The maximum absolute atomic E-state index is 5.78. The number of hydrogen-bond donors (Lipinski definition) is 1. The molecule has 0 radical (unpaired) electrons. The van der Waals surface area contributed by atoms with Crippen molar-refractivity contribution in [3.8, 4) is 11.9 Å². The Hall–Kier alpha value is -2.55. The Morgan fingerprint density at radius 3 is 2.44 bits per heavy atom. The largest absolute Gasteiger partial charge is 0.368 e. The first-order chi connectivity index (χ1) is 8.72. The van der Waals surface area contributed by atoms with E-state index >= 15 is 0 Å². The van der Waals surface area contributed by atoms with Gasteiger partial charge in [0.15, 0.2) is 0 Å². The van der Waals surface area contributed by atoms with Crippen LogP contribution in [0.5, 0.6) is 0 Å². The molecule has 0 fully saturated rings. The highest BCUT2D eigenvalue weighted by molar-refractivity contribution is 6.30. The van der Waals surface area contributed by atoms with Crippen LogP contribution in [-0.4, -0.2) is 39.5 Å². The van der Waals surface area contributed by atoms with Crippen molar-refractivity contribution in [2.75, 3.05) is 5.73 Å². The van der Waals surface area contributed by atoms with Gasteiger partial charge >= 0.3 is 0 Å². The van der Waals surface area contributed by atoms with Gasteiger partial charge in [0.25, 0.3) is 11.9 Å². The average Bonchev–Trinajstić information content (AvgIpc) is 2.98. The monoisotopic (exact) mass is 263 g/mol. The molecule has 3 heterocycles. The van der Waals surface area contributed by atoms with Crippen molar-refractivity contribution in [2.45, 2.75) is 0 Å². The van der Waals surface area contributed by atoms with E-state index in [1.54, 1.807) is 6.20 Å². The number of halogens is 1. The van der Waals surface area contributed by atoms with Crippen molar-refractivity contribution in [2.24, 2.45) is 0 Å². The van der Waals surface area contributed by atoms with Crippen LogP contribution in [0.15, 0.2) is 25.0 Å². The molecule has 9 nitrogen and oxygen atoms in total. The predicted octanol–water partition coefficient (Wildman–Crippen LogP) is -0.126. The number of nitrogens with two attached hydrogens (primary N) is 1. The molecule has 3 rings (SSSR count). The Labute approximate surface area is 105 Å². The zero-order valence-corrected chi connectivity index (χ0v) is 9.60. The standard InChI is InChI=1S/C8H6ClN9/c9-5-1-12-17(2-5)7-14-6(10)15-8(16-7)18-4-11-3-13-18/h1-4H,(H2,10,14,15,16). The van der Waals surface area contributed by atoms with Crippen LogP contribution in [-0.2, 0) is 0 Å². The minimum Gasteiger partial charge on any atom is -0.368 e. The average molecular weight is 264 g/mol. The Balaban J connectivity index is 2.11. The van der Waals surface area contributed by atoms with E-state index in [4.69, 9.17) is 17.3 Å². The van der Waals surface area contributed by atoms with Gasteiger partial charge in [-0.05, 0) is 0 Å². The van der Waals surface area contributed by atoms with E-state index < -0.39 is 0 Å². The van der Waals surface area contributed by atoms with Gasteiger partial charge in [-0.3, -0.25) is 0 Å². The van der Waals surface area contributed by atoms with Gasteiger partial charge in [-0.2, -0.15) is 29.8 Å². The first-order valence-corrected chi connectivity index (χ1v) is 5.17. The first-order valence-electron chi connectivity index (χ1n) is 4.79. The quantitative estimate of drug-likeness (QED) is 0.685. The third kappa shape index (κ3) is 1.86. The highest BCUT2D eigenvalue weighted by atomic mass is 35.5. The number of aromatic nitrogens is 8. The van der Waals surface area contributed by atoms with Crippen molar-refractivity contribution < 1.29 is 0 Å². The minimum absolute atomic E-state index is 0.0529. The molecule has 0 aliphatic heterocycles. The van der Waals surface area contributed by atoms with E-state index in [2.05, 4.69) is 30.1 Å². The van der Waals surface area contributed by atoms with Gasteiger partial charge in [-0.1, -0.05) is 11.6 Å². The van der Waals surface area contributed by atoms with Gasteiger partial charge in [-0.15, -0.1) is 0 Å². The third-order valence-corrected chi connectivity index (χ3v) is 2.20. The van der Waals surface area contributed by atoms with Crippen molar-refractivity contribution in [3.05, 3.63) is 30.1 Å². The highest BCUT2D eigenvalue weighted by Crippen LogP contribution is 2.10. The number of nitrogens with zero attached hydrogens (tertiary/aromatic N) is 8. The summed E-state index contributed by atoms with van der Waals surface area (Å²) in [5, 5.41) is 8.36. The van der Waals surface area contributed by atoms with E-state index in [1.165, 1.54) is 28.2 Å². The lowest BCUT2D eigenvalue weighted by atomic mass is 10.7. The lowest BCUT2D eigenvalue weighted by Crippen LogP contribution is -2.11. The molecule has 0 saturated carbocycles. The molecule has 90 valence electrons. The van der Waals surface area contributed by atoms with E-state index in [0.717, 1.165) is 0 Å². The molecule has 3 aromatic rings. The fourth-order valence-electron chi connectivity index (χ4n) is 1.30. The van der Waals surface area contributed by atoms with E-state index in [1.807, 2.05) is 0 Å². The summed E-state index contributed by atoms with van der Waals surface area (Å²) >= 11 is 5.78. The lowest BCUT2D eigenvalue weighted by molar-refractivity contribution is 0.748. The number of nitrogen functional groups attached to an aromatic ring is 1. The first kappa shape index (κ1) is 10.6. The third-order valence-electron chi connectivity index (χ3n) is 2.01. The van der Waals surface area contributed by atoms with Crippen molar-refractivity contribution >= 4 is 17.5 Å². The van der Waals surface area contributed by atoms with Crippen LogP contribution in [0.25, 0.3) is 11.9 Å². The molecule has 10 heteroatoms. The summed E-state index contributed by atoms with van der Waals surface area (Å²) in [7, 11) is 0. The molecule has 0 saturated heterocycles. The normalized spacial score (nSPS) is 10.7. The number of anilines is 1. The molecule has 0 aliphatic rings. The molecule has 0 aliphatic carbocycles. The lowest BCUT2D eigenvalue weighted by Gasteiger charge is -2.03. The van der Waals surface area contributed by atoms with Crippen LogP contribution in [0.2, 0.25) is 5.02 Å². The van der Waals surface area contributed by atoms with Gasteiger partial charge in [0, 0.05) is 0 Å². The maximum Gasteiger partial charge on any atom is 0.258 e. The Morgan fingerprint density at radius 1 is 1.06 bits per heavy atom. The van der Waals surface area contributed by atoms with Gasteiger partial charge in [0.05, 0.1) is 17.4 Å². The number of rotatable bonds is 2. The topological polar surface area (TPSA) is 113 Å². The molecule has 0 bridgehead atoms. The van der Waals surface area contributed by atoms with Gasteiger partial charge in [-0.25, -0.2) is 9.67 Å². The fourth-order valence-corrected chi connectivity index (χ4v) is 1.43. The van der Waals surface area contributed by atoms with E-state index in [0.29, 0.717) is 5.02 Å². The second-order valence-corrected chi connectivity index (χ2v) is 3.67. The van der Waals surface area contributed by atoms with Gasteiger partial charge in [0.2, 0.25) is 5.95 Å². The molecule has 0 aromatic carbocycles. The summed E-state index contributed by atoms with van der Waals surface area (Å²) in [5.74, 6) is 0.554. The summed E-state index contributed by atoms with van der Waals surface area (Å²) in [6.07, 6.45) is 5.84.